The summed E-state index contributed by atoms with van der Waals surface area (Å²) in [4.78, 5) is 53.2. The number of piperidine rings is 1. The van der Waals surface area contributed by atoms with E-state index in [-0.39, 0.29) is 46.9 Å². The van der Waals surface area contributed by atoms with Crippen LogP contribution in [-0.2, 0) is 15.8 Å². The third kappa shape index (κ3) is 5.52. The number of aliphatic imine (C=N–C) groups is 2. The van der Waals surface area contributed by atoms with Gasteiger partial charge in [0.05, 0.1) is 36.1 Å². The quantitative estimate of drug-likeness (QED) is 0.369. The molecule has 0 radical (unpaired) electrons. The van der Waals surface area contributed by atoms with Gasteiger partial charge in [0.2, 0.25) is 11.6 Å². The van der Waals surface area contributed by atoms with Crippen molar-refractivity contribution >= 4 is 35.7 Å². The van der Waals surface area contributed by atoms with Crippen LogP contribution >= 0.6 is 0 Å². The summed E-state index contributed by atoms with van der Waals surface area (Å²) >= 11 is 0. The molecule has 0 bridgehead atoms. The number of alkyl halides is 3. The van der Waals surface area contributed by atoms with E-state index in [2.05, 4.69) is 15.3 Å². The van der Waals surface area contributed by atoms with Crippen LogP contribution in [0.4, 0.5) is 19.0 Å². The molecule has 4 aliphatic heterocycles. The molecule has 44 heavy (non-hydrogen) atoms. The van der Waals surface area contributed by atoms with E-state index in [1.807, 2.05) is 0 Å². The van der Waals surface area contributed by atoms with Gasteiger partial charge in [0.15, 0.2) is 0 Å². The SMILES string of the molecule is N[N+]12C=CN=CC1=C([C@@H]1CC[C@H]3CN(CC(=O)[O-])CC(=O)N3C1)N=C2c1ccc(C(=O)Nc2cc(C(F)(F)F)ccn2)cc1. The van der Waals surface area contributed by atoms with Crippen molar-refractivity contribution < 1.29 is 37.3 Å². The number of carbonyl (C=O) groups excluding carboxylic acids is 3. The number of piperazine rings is 1. The molecule has 2 amide bonds. The molecule has 1 aromatic carbocycles. The number of amidine groups is 1. The van der Waals surface area contributed by atoms with Gasteiger partial charge in [-0.3, -0.25) is 19.5 Å². The first-order valence-corrected chi connectivity index (χ1v) is 13.8. The molecule has 0 spiro atoms. The van der Waals surface area contributed by atoms with E-state index in [0.717, 1.165) is 18.3 Å². The number of hydrogen-bond donors (Lipinski definition) is 2. The number of aliphatic carboxylic acids is 1. The van der Waals surface area contributed by atoms with Gasteiger partial charge in [-0.05, 0) is 49.2 Å². The number of anilines is 1. The lowest BCUT2D eigenvalue weighted by Gasteiger charge is -2.46. The smallest absolute Gasteiger partial charge is 0.416 e. The van der Waals surface area contributed by atoms with Crippen molar-refractivity contribution in [2.24, 2.45) is 21.7 Å². The number of carbonyl (C=O) groups is 3. The van der Waals surface area contributed by atoms with Gasteiger partial charge in [0.1, 0.15) is 17.7 Å². The first kappa shape index (κ1) is 29.3. The number of pyridine rings is 1. The number of carboxylic acids is 1. The molecular weight excluding hydrogens is 581 g/mol. The lowest BCUT2D eigenvalue weighted by atomic mass is 9.88. The predicted molar refractivity (Wildman–Crippen MR) is 149 cm³/mol. The number of halogens is 3. The van der Waals surface area contributed by atoms with Crippen LogP contribution in [0.15, 0.2) is 76.4 Å². The van der Waals surface area contributed by atoms with E-state index >= 15 is 0 Å². The fourth-order valence-electron chi connectivity index (χ4n) is 6.03. The molecule has 0 aliphatic carbocycles. The van der Waals surface area contributed by atoms with Crippen LogP contribution in [0.5, 0.6) is 0 Å². The Bertz CT molecular complexity index is 1650. The lowest BCUT2D eigenvalue weighted by molar-refractivity contribution is -0.750. The molecule has 6 rings (SSSR count). The minimum absolute atomic E-state index is 0.00244. The van der Waals surface area contributed by atoms with Gasteiger partial charge < -0.3 is 20.1 Å². The van der Waals surface area contributed by atoms with E-state index in [1.165, 1.54) is 12.1 Å². The molecule has 12 nitrogen and oxygen atoms in total. The summed E-state index contributed by atoms with van der Waals surface area (Å²) in [7, 11) is 0. The maximum Gasteiger partial charge on any atom is 0.416 e. The van der Waals surface area contributed by atoms with Crippen molar-refractivity contribution in [2.75, 3.05) is 31.5 Å². The Morgan fingerprint density at radius 3 is 2.64 bits per heavy atom. The maximum absolute atomic E-state index is 13.0. The fourth-order valence-corrected chi connectivity index (χ4v) is 6.03. The van der Waals surface area contributed by atoms with Crippen LogP contribution in [-0.4, -0.2) is 81.4 Å². The van der Waals surface area contributed by atoms with Crippen molar-refractivity contribution in [3.8, 4) is 0 Å². The minimum Gasteiger partial charge on any atom is -0.549 e. The summed E-state index contributed by atoms with van der Waals surface area (Å²) in [5.74, 6) is 4.94. The highest BCUT2D eigenvalue weighted by Crippen LogP contribution is 2.39. The standard InChI is InChI=1S/C29H27F3N8O4/c30-29(31,32)20-7-8-35-23(11-20)36-28(44)18-3-1-17(2-4-18)27-37-26(22-12-34-9-10-40(22,27)33)19-5-6-21-14-38(16-25(42)43)15-24(41)39(21)13-19/h1-4,7-12,19,21H,5-6,13-16,33H2,(H-,35,36,42,43,44)/t19-,21+,40?/m1/s1. The summed E-state index contributed by atoms with van der Waals surface area (Å²) in [5.41, 5.74) is 1.20. The summed E-state index contributed by atoms with van der Waals surface area (Å²) in [6.07, 6.45) is 2.63. The normalized spacial score (nSPS) is 25.0. The van der Waals surface area contributed by atoms with Gasteiger partial charge in [-0.2, -0.15) is 24.0 Å². The Hall–Kier alpha value is -4.73. The second kappa shape index (κ2) is 11.1. The summed E-state index contributed by atoms with van der Waals surface area (Å²) in [6.45, 7) is 0.569. The van der Waals surface area contributed by atoms with E-state index in [1.54, 1.807) is 40.5 Å². The largest absolute Gasteiger partial charge is 0.549 e. The minimum atomic E-state index is -4.57. The predicted octanol–water partition coefficient (Wildman–Crippen LogP) is 1.24. The molecule has 228 valence electrons. The van der Waals surface area contributed by atoms with E-state index < -0.39 is 23.6 Å². The van der Waals surface area contributed by atoms with Crippen LogP contribution in [0.3, 0.4) is 0 Å². The van der Waals surface area contributed by atoms with Crippen molar-refractivity contribution in [3.63, 3.8) is 0 Å². The average molecular weight is 609 g/mol. The lowest BCUT2D eigenvalue weighted by Crippen LogP contribution is -2.60. The van der Waals surface area contributed by atoms with Crippen molar-refractivity contribution in [1.82, 2.24) is 14.8 Å². The van der Waals surface area contributed by atoms with Crippen LogP contribution in [0.25, 0.3) is 0 Å². The van der Waals surface area contributed by atoms with Crippen molar-refractivity contribution in [2.45, 2.75) is 25.1 Å². The summed E-state index contributed by atoms with van der Waals surface area (Å²) in [5, 5.41) is 13.4. The van der Waals surface area contributed by atoms with Gasteiger partial charge in [0, 0.05) is 43.4 Å². The monoisotopic (exact) mass is 608 g/mol. The number of carboxylic acid groups (broad SMARTS) is 1. The number of allylic oxidation sites excluding steroid dienone is 1. The first-order valence-electron chi connectivity index (χ1n) is 13.8. The van der Waals surface area contributed by atoms with Crippen molar-refractivity contribution in [3.05, 3.63) is 83.1 Å². The zero-order valence-electron chi connectivity index (χ0n) is 23.2. The Balaban J connectivity index is 1.21. The molecular formula is C29H27F3N8O4. The van der Waals surface area contributed by atoms with Crippen molar-refractivity contribution in [1.29, 1.82) is 0 Å². The summed E-state index contributed by atoms with van der Waals surface area (Å²) in [6, 6.07) is 7.80. The average Bonchev–Trinajstić information content (AvgIpc) is 3.29. The molecule has 5 heterocycles. The Morgan fingerprint density at radius 1 is 1.14 bits per heavy atom. The van der Waals surface area contributed by atoms with Crippen LogP contribution in [0, 0.1) is 5.92 Å². The number of aromatic nitrogens is 1. The highest BCUT2D eigenvalue weighted by atomic mass is 19.4. The molecule has 1 aromatic heterocycles. The molecule has 2 saturated heterocycles. The number of fused-ring (bicyclic) bond motifs is 2. The third-order valence-corrected chi connectivity index (χ3v) is 8.15. The zero-order valence-corrected chi connectivity index (χ0v) is 23.2. The number of benzene rings is 1. The van der Waals surface area contributed by atoms with Crippen LogP contribution in [0.2, 0.25) is 0 Å². The molecule has 4 aliphatic rings. The molecule has 1 unspecified atom stereocenters. The highest BCUT2D eigenvalue weighted by molar-refractivity contribution is 6.05. The fraction of sp³-hybridized carbons (Fsp3) is 0.310. The summed E-state index contributed by atoms with van der Waals surface area (Å²) < 4.78 is 38.8. The van der Waals surface area contributed by atoms with Crippen LogP contribution in [0.1, 0.15) is 34.3 Å². The Morgan fingerprint density at radius 2 is 1.91 bits per heavy atom. The molecule has 2 aromatic rings. The topological polar surface area (TPSA) is 156 Å². The van der Waals surface area contributed by atoms with Crippen LogP contribution < -0.4 is 16.3 Å². The number of nitrogens with zero attached hydrogens (tertiary/aromatic N) is 6. The maximum atomic E-state index is 13.0. The number of amides is 2. The Labute approximate surface area is 249 Å². The molecule has 3 atom stereocenters. The van der Waals surface area contributed by atoms with E-state index in [9.17, 15) is 32.7 Å². The highest BCUT2D eigenvalue weighted by Gasteiger charge is 2.48. The molecule has 3 N–H and O–H groups in total. The zero-order chi connectivity index (χ0) is 31.2. The number of hydrogen-bond acceptors (Lipinski definition) is 9. The van der Waals surface area contributed by atoms with Gasteiger partial charge in [-0.25, -0.2) is 4.98 Å². The van der Waals surface area contributed by atoms with E-state index in [0.29, 0.717) is 48.7 Å². The molecule has 0 saturated carbocycles. The van der Waals surface area contributed by atoms with Gasteiger partial charge in [0.25, 0.3) is 11.7 Å². The van der Waals surface area contributed by atoms with Gasteiger partial charge in [-0.1, -0.05) is 0 Å². The van der Waals surface area contributed by atoms with E-state index in [4.69, 9.17) is 10.8 Å². The van der Waals surface area contributed by atoms with Gasteiger partial charge >= 0.3 is 6.18 Å². The molecule has 15 heteroatoms. The van der Waals surface area contributed by atoms with Gasteiger partial charge in [-0.15, -0.1) is 4.59 Å². The second-order valence-electron chi connectivity index (χ2n) is 11.0. The Kier molecular flexibility index (Phi) is 7.39. The second-order valence-corrected chi connectivity index (χ2v) is 11.0. The molecule has 2 fully saturated rings. The number of quaternary nitrogens is 1. The third-order valence-electron chi connectivity index (χ3n) is 8.15. The number of rotatable bonds is 6. The first-order chi connectivity index (χ1) is 20.9. The number of nitrogens with two attached hydrogens (primary N) is 1. The number of nitrogens with one attached hydrogen (secondary N) is 1.